The summed E-state index contributed by atoms with van der Waals surface area (Å²) in [6.07, 6.45) is 3.27. The first kappa shape index (κ1) is 14.0. The van der Waals surface area contributed by atoms with Crippen LogP contribution in [0.15, 0.2) is 12.5 Å². The molecule has 1 saturated heterocycles. The van der Waals surface area contributed by atoms with Gasteiger partial charge >= 0.3 is 0 Å². The summed E-state index contributed by atoms with van der Waals surface area (Å²) in [5.41, 5.74) is 0.0997. The lowest BCUT2D eigenvalue weighted by Crippen LogP contribution is -2.55. The number of rotatable bonds is 3. The quantitative estimate of drug-likeness (QED) is 0.808. The highest BCUT2D eigenvalue weighted by Crippen LogP contribution is 2.22. The van der Waals surface area contributed by atoms with Gasteiger partial charge in [0.15, 0.2) is 0 Å². The van der Waals surface area contributed by atoms with Gasteiger partial charge in [-0.15, -0.1) is 0 Å². The number of aryl methyl sites for hydroxylation is 1. The lowest BCUT2D eigenvalue weighted by molar-refractivity contribution is -0.143. The Balaban J connectivity index is 2.12. The number of imidazole rings is 1. The van der Waals surface area contributed by atoms with Crippen molar-refractivity contribution in [2.24, 2.45) is 7.05 Å². The van der Waals surface area contributed by atoms with Crippen LogP contribution in [-0.4, -0.2) is 58.9 Å². The van der Waals surface area contributed by atoms with Crippen LogP contribution in [0.25, 0.3) is 0 Å². The molecule has 0 aromatic carbocycles. The minimum atomic E-state index is -0.369. The van der Waals surface area contributed by atoms with Crippen molar-refractivity contribution in [3.63, 3.8) is 0 Å². The molecule has 0 radical (unpaired) electrons. The number of amides is 1. The van der Waals surface area contributed by atoms with Gasteiger partial charge in [0.25, 0.3) is 5.91 Å². The third-order valence-electron chi connectivity index (χ3n) is 3.05. The van der Waals surface area contributed by atoms with E-state index >= 15 is 0 Å². The van der Waals surface area contributed by atoms with Crippen LogP contribution >= 0.6 is 0 Å². The molecule has 1 atom stereocenters. The van der Waals surface area contributed by atoms with Crippen LogP contribution in [0, 0.1) is 0 Å². The summed E-state index contributed by atoms with van der Waals surface area (Å²) < 4.78 is 12.8. The monoisotopic (exact) mass is 267 g/mol. The van der Waals surface area contributed by atoms with E-state index in [0.717, 1.165) is 0 Å². The van der Waals surface area contributed by atoms with Crippen molar-refractivity contribution in [1.82, 2.24) is 14.5 Å². The summed E-state index contributed by atoms with van der Waals surface area (Å²) in [7, 11) is 3.48. The summed E-state index contributed by atoms with van der Waals surface area (Å²) >= 11 is 0. The molecule has 0 N–H and O–H groups in total. The minimum absolute atomic E-state index is 0.0573. The molecule has 1 aliphatic rings. The Hall–Kier alpha value is -1.40. The van der Waals surface area contributed by atoms with Gasteiger partial charge in [0.2, 0.25) is 0 Å². The molecule has 0 aliphatic carbocycles. The molecule has 106 valence electrons. The first-order valence-corrected chi connectivity index (χ1v) is 6.35. The van der Waals surface area contributed by atoms with Crippen molar-refractivity contribution in [1.29, 1.82) is 0 Å². The second-order valence-corrected chi connectivity index (χ2v) is 5.56. The fourth-order valence-corrected chi connectivity index (χ4v) is 2.41. The van der Waals surface area contributed by atoms with E-state index in [1.54, 1.807) is 29.1 Å². The van der Waals surface area contributed by atoms with E-state index in [1.165, 1.54) is 0 Å². The standard InChI is InChI=1S/C13H21N3O3/c1-13(2)8-16(5-10(19-13)7-18-4)12(17)11-6-15(3)9-14-11/h6,9-10H,5,7-8H2,1-4H3/t10-/m1/s1. The van der Waals surface area contributed by atoms with Crippen LogP contribution in [0.2, 0.25) is 0 Å². The van der Waals surface area contributed by atoms with Crippen LogP contribution in [0.4, 0.5) is 0 Å². The van der Waals surface area contributed by atoms with Crippen LogP contribution in [-0.2, 0) is 16.5 Å². The fourth-order valence-electron chi connectivity index (χ4n) is 2.41. The highest BCUT2D eigenvalue weighted by atomic mass is 16.5. The van der Waals surface area contributed by atoms with Gasteiger partial charge in [0, 0.05) is 33.4 Å². The van der Waals surface area contributed by atoms with Gasteiger partial charge in [-0.25, -0.2) is 4.98 Å². The minimum Gasteiger partial charge on any atom is -0.382 e. The first-order valence-electron chi connectivity index (χ1n) is 6.35. The Labute approximate surface area is 113 Å². The second-order valence-electron chi connectivity index (χ2n) is 5.56. The summed E-state index contributed by atoms with van der Waals surface area (Å²) in [6, 6.07) is 0. The number of aromatic nitrogens is 2. The van der Waals surface area contributed by atoms with Crippen LogP contribution in [0.3, 0.4) is 0 Å². The first-order chi connectivity index (χ1) is 8.91. The average molecular weight is 267 g/mol. The van der Waals surface area contributed by atoms with Gasteiger partial charge in [-0.1, -0.05) is 0 Å². The normalized spacial score (nSPS) is 22.5. The SMILES string of the molecule is COC[C@H]1CN(C(=O)c2cn(C)cn2)CC(C)(C)O1. The summed E-state index contributed by atoms with van der Waals surface area (Å²) in [5.74, 6) is -0.0573. The smallest absolute Gasteiger partial charge is 0.274 e. The molecular weight excluding hydrogens is 246 g/mol. The molecule has 0 bridgehead atoms. The highest BCUT2D eigenvalue weighted by Gasteiger charge is 2.36. The zero-order chi connectivity index (χ0) is 14.0. The zero-order valence-corrected chi connectivity index (χ0v) is 11.9. The molecular formula is C13H21N3O3. The molecule has 19 heavy (non-hydrogen) atoms. The Bertz CT molecular complexity index is 456. The van der Waals surface area contributed by atoms with Crippen molar-refractivity contribution in [2.45, 2.75) is 25.6 Å². The Morgan fingerprint density at radius 2 is 2.37 bits per heavy atom. The van der Waals surface area contributed by atoms with Gasteiger partial charge < -0.3 is 18.9 Å². The molecule has 1 aromatic rings. The summed E-state index contributed by atoms with van der Waals surface area (Å²) in [6.45, 7) is 5.53. The lowest BCUT2D eigenvalue weighted by Gasteiger charge is -2.42. The summed E-state index contributed by atoms with van der Waals surface area (Å²) in [4.78, 5) is 18.3. The van der Waals surface area contributed by atoms with E-state index in [1.807, 2.05) is 20.9 Å². The van der Waals surface area contributed by atoms with Crippen molar-refractivity contribution >= 4 is 5.91 Å². The van der Waals surface area contributed by atoms with Crippen LogP contribution < -0.4 is 0 Å². The fraction of sp³-hybridized carbons (Fsp3) is 0.692. The third kappa shape index (κ3) is 3.33. The van der Waals surface area contributed by atoms with Crippen LogP contribution in [0.1, 0.15) is 24.3 Å². The van der Waals surface area contributed by atoms with Crippen molar-refractivity contribution in [3.05, 3.63) is 18.2 Å². The maximum absolute atomic E-state index is 12.4. The topological polar surface area (TPSA) is 56.6 Å². The number of carbonyl (C=O) groups is 1. The van der Waals surface area contributed by atoms with E-state index in [0.29, 0.717) is 25.4 Å². The van der Waals surface area contributed by atoms with E-state index in [4.69, 9.17) is 9.47 Å². The molecule has 1 aliphatic heterocycles. The largest absolute Gasteiger partial charge is 0.382 e. The Morgan fingerprint density at radius 3 is 2.95 bits per heavy atom. The number of carbonyl (C=O) groups excluding carboxylic acids is 1. The number of hydrogen-bond acceptors (Lipinski definition) is 4. The lowest BCUT2D eigenvalue weighted by atomic mass is 10.0. The number of methoxy groups -OCH3 is 1. The van der Waals surface area contributed by atoms with Crippen LogP contribution in [0.5, 0.6) is 0 Å². The van der Waals surface area contributed by atoms with Gasteiger partial charge in [0.1, 0.15) is 5.69 Å². The number of hydrogen-bond donors (Lipinski definition) is 0. The van der Waals surface area contributed by atoms with E-state index in [-0.39, 0.29) is 17.6 Å². The van der Waals surface area contributed by atoms with Crippen molar-refractivity contribution in [2.75, 3.05) is 26.8 Å². The van der Waals surface area contributed by atoms with Gasteiger partial charge in [-0.2, -0.15) is 0 Å². The van der Waals surface area contributed by atoms with Gasteiger partial charge in [-0.05, 0) is 13.8 Å². The second kappa shape index (κ2) is 5.30. The van der Waals surface area contributed by atoms with E-state index in [2.05, 4.69) is 4.98 Å². The Kier molecular flexibility index (Phi) is 3.91. The number of ether oxygens (including phenoxy) is 2. The molecule has 1 fully saturated rings. The Morgan fingerprint density at radius 1 is 1.63 bits per heavy atom. The maximum Gasteiger partial charge on any atom is 0.274 e. The average Bonchev–Trinajstić information content (AvgIpc) is 2.73. The van der Waals surface area contributed by atoms with Gasteiger partial charge in [0.05, 0.1) is 24.6 Å². The van der Waals surface area contributed by atoms with E-state index in [9.17, 15) is 4.79 Å². The molecule has 2 heterocycles. The molecule has 2 rings (SSSR count). The van der Waals surface area contributed by atoms with Crippen molar-refractivity contribution < 1.29 is 14.3 Å². The predicted octanol–water partition coefficient (Wildman–Crippen LogP) is 0.686. The highest BCUT2D eigenvalue weighted by molar-refractivity contribution is 5.92. The predicted molar refractivity (Wildman–Crippen MR) is 69.9 cm³/mol. The molecule has 6 nitrogen and oxygen atoms in total. The molecule has 0 saturated carbocycles. The maximum atomic E-state index is 12.4. The third-order valence-corrected chi connectivity index (χ3v) is 3.05. The van der Waals surface area contributed by atoms with Crippen molar-refractivity contribution in [3.8, 4) is 0 Å². The number of morpholine rings is 1. The van der Waals surface area contributed by atoms with Gasteiger partial charge in [-0.3, -0.25) is 4.79 Å². The molecule has 0 spiro atoms. The number of nitrogens with zero attached hydrogens (tertiary/aromatic N) is 3. The molecule has 1 aromatic heterocycles. The summed E-state index contributed by atoms with van der Waals surface area (Å²) in [5, 5.41) is 0. The molecule has 6 heteroatoms. The molecule has 1 amide bonds. The molecule has 0 unspecified atom stereocenters. The van der Waals surface area contributed by atoms with E-state index < -0.39 is 0 Å². The zero-order valence-electron chi connectivity index (χ0n) is 11.9.